The molecule has 0 aliphatic carbocycles. The molecule has 0 spiro atoms. The fourth-order valence-electron chi connectivity index (χ4n) is 2.58. The third kappa shape index (κ3) is 2.65. The summed E-state index contributed by atoms with van der Waals surface area (Å²) in [5.41, 5.74) is 3.58. The quantitative estimate of drug-likeness (QED) is 0.895. The lowest BCUT2D eigenvalue weighted by molar-refractivity contribution is -0.139. The summed E-state index contributed by atoms with van der Waals surface area (Å²) in [7, 11) is 0. The number of aryl methyl sites for hydroxylation is 2. The highest BCUT2D eigenvalue weighted by atomic mass is 32.2. The Morgan fingerprint density at radius 1 is 1.35 bits per heavy atom. The van der Waals surface area contributed by atoms with E-state index < -0.39 is 10.7 Å². The van der Waals surface area contributed by atoms with E-state index in [1.54, 1.807) is 11.8 Å². The van der Waals surface area contributed by atoms with Crippen LogP contribution in [-0.4, -0.2) is 21.6 Å². The van der Waals surface area contributed by atoms with Crippen LogP contribution < -0.4 is 0 Å². The summed E-state index contributed by atoms with van der Waals surface area (Å²) in [6.45, 7) is 4.12. The fourth-order valence-corrected chi connectivity index (χ4v) is 3.94. The van der Waals surface area contributed by atoms with Gasteiger partial charge in [0.25, 0.3) is 0 Å². The molecule has 1 aromatic carbocycles. The van der Waals surface area contributed by atoms with Gasteiger partial charge in [0.1, 0.15) is 4.75 Å². The molecule has 0 saturated carbocycles. The molecule has 0 aromatic heterocycles. The van der Waals surface area contributed by atoms with Crippen molar-refractivity contribution in [1.29, 1.82) is 0 Å². The number of hydrogen-bond donors (Lipinski definition) is 1. The maximum atomic E-state index is 11.5. The van der Waals surface area contributed by atoms with E-state index in [4.69, 9.17) is 0 Å². The van der Waals surface area contributed by atoms with Gasteiger partial charge in [-0.25, -0.2) is 0 Å². The van der Waals surface area contributed by atoms with Gasteiger partial charge >= 0.3 is 5.97 Å². The van der Waals surface area contributed by atoms with E-state index in [1.165, 1.54) is 11.1 Å². The molecule has 1 N–H and O–H groups in total. The molecule has 1 aromatic rings. The summed E-state index contributed by atoms with van der Waals surface area (Å²) in [6, 6.07) is 6.34. The first-order chi connectivity index (χ1) is 8.02. The molecule has 0 amide bonds. The fraction of sp³-hybridized carbons (Fsp3) is 0.500. The van der Waals surface area contributed by atoms with Crippen molar-refractivity contribution in [2.24, 2.45) is 0 Å². The summed E-state index contributed by atoms with van der Waals surface area (Å²) < 4.78 is -0.583. The van der Waals surface area contributed by atoms with E-state index in [0.29, 0.717) is 6.42 Å². The van der Waals surface area contributed by atoms with Crippen LogP contribution in [0.15, 0.2) is 18.2 Å². The van der Waals surface area contributed by atoms with Crippen LogP contribution in [-0.2, 0) is 11.2 Å². The van der Waals surface area contributed by atoms with Gasteiger partial charge in [-0.15, -0.1) is 11.8 Å². The second-order valence-electron chi connectivity index (χ2n) is 4.92. The van der Waals surface area contributed by atoms with Gasteiger partial charge in [0.15, 0.2) is 0 Å². The van der Waals surface area contributed by atoms with E-state index >= 15 is 0 Å². The largest absolute Gasteiger partial charge is 0.480 e. The molecule has 3 heteroatoms. The van der Waals surface area contributed by atoms with Gasteiger partial charge in [-0.05, 0) is 44.4 Å². The van der Waals surface area contributed by atoms with Gasteiger partial charge in [0.2, 0.25) is 0 Å². The van der Waals surface area contributed by atoms with Crippen molar-refractivity contribution >= 4 is 17.7 Å². The maximum absolute atomic E-state index is 11.5. The second kappa shape index (κ2) is 4.73. The van der Waals surface area contributed by atoms with Crippen molar-refractivity contribution in [2.75, 3.05) is 5.75 Å². The van der Waals surface area contributed by atoms with Crippen LogP contribution in [0.2, 0.25) is 0 Å². The van der Waals surface area contributed by atoms with Crippen LogP contribution in [0.1, 0.15) is 29.5 Å². The minimum absolute atomic E-state index is 0.583. The zero-order valence-corrected chi connectivity index (χ0v) is 11.1. The third-order valence-electron chi connectivity index (χ3n) is 3.26. The van der Waals surface area contributed by atoms with Crippen molar-refractivity contribution in [3.8, 4) is 0 Å². The molecule has 0 radical (unpaired) electrons. The molecule has 1 unspecified atom stereocenters. The molecular weight excluding hydrogens is 232 g/mol. The summed E-state index contributed by atoms with van der Waals surface area (Å²) in [5.74, 6) is 0.316. The summed E-state index contributed by atoms with van der Waals surface area (Å²) in [6.07, 6.45) is 2.46. The van der Waals surface area contributed by atoms with Crippen molar-refractivity contribution < 1.29 is 9.90 Å². The van der Waals surface area contributed by atoms with Gasteiger partial charge < -0.3 is 5.11 Å². The summed E-state index contributed by atoms with van der Waals surface area (Å²) >= 11 is 1.60. The van der Waals surface area contributed by atoms with Crippen molar-refractivity contribution in [3.05, 3.63) is 34.9 Å². The molecule has 2 rings (SSSR count). The lowest BCUT2D eigenvalue weighted by atomic mass is 9.93. The molecule has 2 nitrogen and oxygen atoms in total. The molecule has 0 bridgehead atoms. The summed E-state index contributed by atoms with van der Waals surface area (Å²) in [4.78, 5) is 11.5. The average Bonchev–Trinajstić information content (AvgIpc) is 2.65. The molecule has 1 fully saturated rings. The van der Waals surface area contributed by atoms with Crippen LogP contribution in [0, 0.1) is 13.8 Å². The van der Waals surface area contributed by atoms with Crippen LogP contribution in [0.4, 0.5) is 0 Å². The monoisotopic (exact) mass is 250 g/mol. The zero-order chi connectivity index (χ0) is 12.5. The molecule has 1 heterocycles. The standard InChI is InChI=1S/C14H18O2S/c1-10-6-11(2)8-12(7-10)9-14(13(15)16)4-3-5-17-14/h6-8H,3-5,9H2,1-2H3,(H,15,16). The zero-order valence-electron chi connectivity index (χ0n) is 10.3. The Morgan fingerprint density at radius 3 is 2.47 bits per heavy atom. The van der Waals surface area contributed by atoms with Gasteiger partial charge in [0.05, 0.1) is 0 Å². The van der Waals surface area contributed by atoms with E-state index in [-0.39, 0.29) is 0 Å². The number of thioether (sulfide) groups is 1. The van der Waals surface area contributed by atoms with Crippen molar-refractivity contribution in [1.82, 2.24) is 0 Å². The first-order valence-corrected chi connectivity index (χ1v) is 6.95. The normalized spacial score (nSPS) is 23.9. The Balaban J connectivity index is 2.26. The Hall–Kier alpha value is -0.960. The number of hydrogen-bond acceptors (Lipinski definition) is 2. The molecular formula is C14H18O2S. The average molecular weight is 250 g/mol. The molecule has 92 valence electrons. The minimum Gasteiger partial charge on any atom is -0.480 e. The number of benzene rings is 1. The van der Waals surface area contributed by atoms with E-state index in [2.05, 4.69) is 32.0 Å². The second-order valence-corrected chi connectivity index (χ2v) is 6.40. The Bertz CT molecular complexity index is 414. The molecule has 17 heavy (non-hydrogen) atoms. The number of aliphatic carboxylic acids is 1. The van der Waals surface area contributed by atoms with Gasteiger partial charge in [-0.3, -0.25) is 4.79 Å². The Kier molecular flexibility index (Phi) is 3.48. The maximum Gasteiger partial charge on any atom is 0.320 e. The highest BCUT2D eigenvalue weighted by molar-refractivity contribution is 8.01. The molecule has 1 saturated heterocycles. The lowest BCUT2D eigenvalue weighted by Crippen LogP contribution is -2.34. The Labute approximate surface area is 106 Å². The van der Waals surface area contributed by atoms with Gasteiger partial charge in [0, 0.05) is 0 Å². The van der Waals surface area contributed by atoms with Crippen LogP contribution in [0.3, 0.4) is 0 Å². The molecule has 1 aliphatic heterocycles. The van der Waals surface area contributed by atoms with E-state index in [9.17, 15) is 9.90 Å². The molecule has 1 aliphatic rings. The van der Waals surface area contributed by atoms with Crippen LogP contribution >= 0.6 is 11.8 Å². The lowest BCUT2D eigenvalue weighted by Gasteiger charge is -2.23. The van der Waals surface area contributed by atoms with Crippen molar-refractivity contribution in [3.63, 3.8) is 0 Å². The van der Waals surface area contributed by atoms with Crippen LogP contribution in [0.5, 0.6) is 0 Å². The van der Waals surface area contributed by atoms with E-state index in [1.807, 2.05) is 0 Å². The van der Waals surface area contributed by atoms with Crippen LogP contribution in [0.25, 0.3) is 0 Å². The summed E-state index contributed by atoms with van der Waals surface area (Å²) in [5, 5.41) is 9.44. The van der Waals surface area contributed by atoms with Gasteiger partial charge in [-0.1, -0.05) is 29.3 Å². The number of carboxylic acid groups (broad SMARTS) is 1. The smallest absolute Gasteiger partial charge is 0.320 e. The predicted octanol–water partition coefficient (Wildman–Crippen LogP) is 3.20. The van der Waals surface area contributed by atoms with Crippen molar-refractivity contribution in [2.45, 2.75) is 37.9 Å². The number of carboxylic acids is 1. The molecule has 1 atom stereocenters. The topological polar surface area (TPSA) is 37.3 Å². The predicted molar refractivity (Wildman–Crippen MR) is 71.7 cm³/mol. The Morgan fingerprint density at radius 2 is 2.00 bits per heavy atom. The minimum atomic E-state index is -0.654. The number of rotatable bonds is 3. The number of carbonyl (C=O) groups is 1. The van der Waals surface area contributed by atoms with Gasteiger partial charge in [-0.2, -0.15) is 0 Å². The SMILES string of the molecule is Cc1cc(C)cc(CC2(C(=O)O)CCCS2)c1. The van der Waals surface area contributed by atoms with E-state index in [0.717, 1.165) is 24.2 Å². The first kappa shape index (κ1) is 12.5. The highest BCUT2D eigenvalue weighted by Crippen LogP contribution is 2.41. The first-order valence-electron chi connectivity index (χ1n) is 5.96. The highest BCUT2D eigenvalue weighted by Gasteiger charge is 2.42. The third-order valence-corrected chi connectivity index (χ3v) is 4.83.